The third-order valence-electron chi connectivity index (χ3n) is 4.82. The molecule has 1 aromatic heterocycles. The third-order valence-corrected chi connectivity index (χ3v) is 8.23. The van der Waals surface area contributed by atoms with E-state index in [9.17, 15) is 24.3 Å². The highest BCUT2D eigenvalue weighted by molar-refractivity contribution is 8.02. The zero-order chi connectivity index (χ0) is 24.3. The molecule has 3 rings (SSSR count). The van der Waals surface area contributed by atoms with E-state index in [0.29, 0.717) is 10.7 Å². The molecule has 33 heavy (non-hydrogen) atoms. The van der Waals surface area contributed by atoms with Crippen molar-refractivity contribution in [2.75, 3.05) is 24.4 Å². The van der Waals surface area contributed by atoms with Gasteiger partial charge in [0.1, 0.15) is 11.4 Å². The molecule has 2 fully saturated rings. The molecule has 0 spiro atoms. The van der Waals surface area contributed by atoms with Crippen LogP contribution in [0.4, 0.5) is 0 Å². The molecule has 5 N–H and O–H groups in total. The van der Waals surface area contributed by atoms with Crippen LogP contribution in [-0.4, -0.2) is 107 Å². The number of carboxylic acids is 2. The molecule has 1 aromatic rings. The lowest BCUT2D eigenvalue weighted by molar-refractivity contribution is -0.201. The summed E-state index contributed by atoms with van der Waals surface area (Å²) in [5.74, 6) is -3.52. The van der Waals surface area contributed by atoms with Crippen molar-refractivity contribution in [3.8, 4) is 0 Å². The molecule has 17 heteroatoms. The number of amides is 2. The number of hydrogen-bond acceptors (Lipinski definition) is 12. The summed E-state index contributed by atoms with van der Waals surface area (Å²) in [6.07, 6.45) is 0. The van der Waals surface area contributed by atoms with Gasteiger partial charge < -0.3 is 30.9 Å². The van der Waals surface area contributed by atoms with Crippen LogP contribution in [0.25, 0.3) is 0 Å². The van der Waals surface area contributed by atoms with Crippen molar-refractivity contribution in [2.24, 2.45) is 12.8 Å². The van der Waals surface area contributed by atoms with E-state index in [1.165, 1.54) is 23.6 Å². The summed E-state index contributed by atoms with van der Waals surface area (Å²) in [6.45, 7) is 0. The topological polar surface area (TPSA) is 203 Å². The molecule has 0 aliphatic carbocycles. The number of carboxylic acid groups (broad SMARTS) is 2. The first-order chi connectivity index (χ1) is 15.6. The highest BCUT2D eigenvalue weighted by atomic mass is 32.2. The number of carbonyl (C=O) groups is 4. The van der Waals surface area contributed by atoms with Crippen molar-refractivity contribution < 1.29 is 34.1 Å². The predicted molar refractivity (Wildman–Crippen MR) is 118 cm³/mol. The van der Waals surface area contributed by atoms with Gasteiger partial charge in [-0.3, -0.25) is 14.4 Å². The number of ether oxygens (including phenoxy) is 1. The molecule has 1 unspecified atom stereocenters. The van der Waals surface area contributed by atoms with Crippen LogP contribution in [0.1, 0.15) is 0 Å². The van der Waals surface area contributed by atoms with Crippen LogP contribution in [-0.2, 0) is 31.0 Å². The monoisotopic (exact) mass is 519 g/mol. The van der Waals surface area contributed by atoms with E-state index in [2.05, 4.69) is 20.8 Å². The number of hydrogen-bond donors (Lipinski definition) is 4. The predicted octanol–water partition coefficient (Wildman–Crippen LogP) is -1.84. The van der Waals surface area contributed by atoms with Crippen molar-refractivity contribution >= 4 is 59.0 Å². The number of rotatable bonds is 10. The highest BCUT2D eigenvalue weighted by Gasteiger charge is 2.67. The zero-order valence-electron chi connectivity index (χ0n) is 17.4. The minimum atomic E-state index is -1.71. The molecule has 2 amide bonds. The maximum Gasteiger partial charge on any atom is 0.330 e. The van der Waals surface area contributed by atoms with E-state index in [0.717, 1.165) is 28.4 Å². The number of carbonyl (C=O) groups excluding carboxylic acids is 2. The Balaban J connectivity index is 1.70. The molecule has 0 bridgehead atoms. The number of fused-ring (bicyclic) bond motifs is 1. The lowest BCUT2D eigenvalue weighted by atomic mass is 9.95. The fraction of sp³-hybridized carbons (Fsp3) is 0.562. The summed E-state index contributed by atoms with van der Waals surface area (Å²) in [5.41, 5.74) is 4.17. The second-order valence-corrected chi connectivity index (χ2v) is 9.90. The van der Waals surface area contributed by atoms with E-state index in [1.54, 1.807) is 12.5 Å². The average molecular weight is 520 g/mol. The van der Waals surface area contributed by atoms with E-state index >= 15 is 0 Å². The van der Waals surface area contributed by atoms with Gasteiger partial charge in [0.15, 0.2) is 6.04 Å². The molecular weight excluding hydrogens is 498 g/mol. The molecule has 2 aliphatic rings. The van der Waals surface area contributed by atoms with Gasteiger partial charge in [0.25, 0.3) is 11.6 Å². The van der Waals surface area contributed by atoms with Crippen molar-refractivity contribution in [3.05, 3.63) is 11.0 Å². The summed E-state index contributed by atoms with van der Waals surface area (Å²) in [7, 11) is 2.89. The SMILES string of the molecule is CO[C@@]1(NC(=O)CSC[C@@H](N)C(=O)O)C(=O)N2C(C(=O)O)/C(=C/Sc3nnnn3C)CS[C@@H]21. The first-order valence-electron chi connectivity index (χ1n) is 9.29. The summed E-state index contributed by atoms with van der Waals surface area (Å²) in [6, 6.07) is -2.36. The van der Waals surface area contributed by atoms with Gasteiger partial charge >= 0.3 is 11.9 Å². The minimum absolute atomic E-state index is 0.00886. The normalized spacial score (nSPS) is 26.5. The smallest absolute Gasteiger partial charge is 0.330 e. The van der Waals surface area contributed by atoms with Crippen molar-refractivity contribution in [3.63, 3.8) is 0 Å². The van der Waals surface area contributed by atoms with Crippen LogP contribution in [0.5, 0.6) is 0 Å². The van der Waals surface area contributed by atoms with Gasteiger partial charge in [0, 0.05) is 25.7 Å². The molecule has 180 valence electrons. The molecule has 3 heterocycles. The number of aliphatic carboxylic acids is 2. The standard InChI is InChI=1S/C16H21N7O7S3/c1-22-15(19-20-21-22)33-4-7-3-32-14-16(30-2,13(29)23(14)10(7)12(27)28)18-9(24)6-31-5-8(17)11(25)26/h4,8,10,14H,3,5-6,17H2,1-2H3,(H,18,24)(H,25,26)(H,27,28)/b7-4+/t8-,10?,14-,16+/m1/s1. The number of nitrogens with two attached hydrogens (primary N) is 1. The van der Waals surface area contributed by atoms with Gasteiger partial charge in [-0.05, 0) is 21.4 Å². The average Bonchev–Trinajstić information content (AvgIpc) is 3.19. The van der Waals surface area contributed by atoms with Gasteiger partial charge in [-0.1, -0.05) is 11.8 Å². The molecule has 0 radical (unpaired) electrons. The molecule has 14 nitrogen and oxygen atoms in total. The van der Waals surface area contributed by atoms with Crippen molar-refractivity contribution in [2.45, 2.75) is 28.3 Å². The Morgan fingerprint density at radius 1 is 1.45 bits per heavy atom. The first kappa shape index (κ1) is 25.3. The van der Waals surface area contributed by atoms with Crippen molar-refractivity contribution in [1.29, 1.82) is 0 Å². The maximum absolute atomic E-state index is 13.0. The van der Waals surface area contributed by atoms with Gasteiger partial charge in [0.05, 0.1) is 5.75 Å². The Bertz CT molecular complexity index is 989. The Hall–Kier alpha value is -2.34. The number of thioether (sulfide) groups is 3. The quantitative estimate of drug-likeness (QED) is 0.152. The lowest BCUT2D eigenvalue weighted by Crippen LogP contribution is -2.83. The number of aryl methyl sites for hydroxylation is 1. The molecule has 2 saturated heterocycles. The van der Waals surface area contributed by atoms with Gasteiger partial charge in [0.2, 0.25) is 11.1 Å². The van der Waals surface area contributed by atoms with Gasteiger partial charge in [-0.15, -0.1) is 28.6 Å². The van der Waals surface area contributed by atoms with E-state index < -0.39 is 46.9 Å². The van der Waals surface area contributed by atoms with Crippen LogP contribution in [0.2, 0.25) is 0 Å². The Kier molecular flexibility index (Phi) is 7.88. The number of nitrogens with one attached hydrogen (secondary N) is 1. The Morgan fingerprint density at radius 3 is 2.76 bits per heavy atom. The van der Waals surface area contributed by atoms with Crippen LogP contribution < -0.4 is 11.1 Å². The zero-order valence-corrected chi connectivity index (χ0v) is 19.9. The largest absolute Gasteiger partial charge is 0.480 e. The van der Waals surface area contributed by atoms with E-state index in [4.69, 9.17) is 15.6 Å². The van der Waals surface area contributed by atoms with Crippen LogP contribution in [0.15, 0.2) is 16.1 Å². The third kappa shape index (κ3) is 4.96. The molecule has 0 saturated carbocycles. The molecule has 2 aliphatic heterocycles. The second kappa shape index (κ2) is 10.3. The molecular formula is C16H21N7O7S3. The second-order valence-electron chi connectivity index (χ2n) is 6.96. The van der Waals surface area contributed by atoms with Gasteiger partial charge in [-0.25, -0.2) is 9.48 Å². The number of tetrazole rings is 1. The molecule has 0 aromatic carbocycles. The summed E-state index contributed by atoms with van der Waals surface area (Å²) >= 11 is 3.38. The fourth-order valence-electron chi connectivity index (χ4n) is 3.19. The Morgan fingerprint density at radius 2 is 2.18 bits per heavy atom. The Labute approximate surface area is 200 Å². The highest BCUT2D eigenvalue weighted by Crippen LogP contribution is 2.47. The van der Waals surface area contributed by atoms with Gasteiger partial charge in [-0.2, -0.15) is 0 Å². The number of β-lactam (4-membered cyclic amide) rings is 1. The summed E-state index contributed by atoms with van der Waals surface area (Å²) in [4.78, 5) is 49.4. The first-order valence-corrected chi connectivity index (χ1v) is 12.4. The number of methoxy groups -OCH3 is 1. The van der Waals surface area contributed by atoms with Crippen molar-refractivity contribution in [1.82, 2.24) is 30.4 Å². The number of nitrogens with zero attached hydrogens (tertiary/aromatic N) is 5. The van der Waals surface area contributed by atoms with Crippen LogP contribution in [0.3, 0.4) is 0 Å². The van der Waals surface area contributed by atoms with Crippen LogP contribution in [0, 0.1) is 0 Å². The summed E-state index contributed by atoms with van der Waals surface area (Å²) < 4.78 is 6.80. The fourth-order valence-corrected chi connectivity index (χ4v) is 6.27. The molecule has 4 atom stereocenters. The summed E-state index contributed by atoms with van der Waals surface area (Å²) in [5, 5.41) is 33.5. The number of aromatic nitrogens is 4. The lowest BCUT2D eigenvalue weighted by Gasteiger charge is -2.58. The minimum Gasteiger partial charge on any atom is -0.480 e. The van der Waals surface area contributed by atoms with E-state index in [-0.39, 0.29) is 17.3 Å². The maximum atomic E-state index is 13.0. The van der Waals surface area contributed by atoms with E-state index in [1.807, 2.05) is 0 Å². The van der Waals surface area contributed by atoms with Crippen LogP contribution >= 0.6 is 35.3 Å².